The SMILES string of the molecule is CCCCC(CC)c1ccccc1OC=O. The van der Waals surface area contributed by atoms with Gasteiger partial charge in [-0.3, -0.25) is 4.79 Å². The van der Waals surface area contributed by atoms with Crippen molar-refractivity contribution in [2.75, 3.05) is 0 Å². The summed E-state index contributed by atoms with van der Waals surface area (Å²) < 4.78 is 5.02. The van der Waals surface area contributed by atoms with E-state index in [0.29, 0.717) is 18.1 Å². The van der Waals surface area contributed by atoms with Crippen molar-refractivity contribution in [3.05, 3.63) is 29.8 Å². The number of rotatable bonds is 7. The first-order valence-corrected chi connectivity index (χ1v) is 6.02. The Labute approximate surface area is 97.6 Å². The number of ether oxygens (including phenoxy) is 1. The maximum atomic E-state index is 10.4. The fraction of sp³-hybridized carbons (Fsp3) is 0.500. The van der Waals surface area contributed by atoms with Crippen LogP contribution in [0.2, 0.25) is 0 Å². The average molecular weight is 220 g/mol. The lowest BCUT2D eigenvalue weighted by molar-refractivity contribution is -0.120. The van der Waals surface area contributed by atoms with E-state index in [-0.39, 0.29) is 0 Å². The molecule has 0 heterocycles. The summed E-state index contributed by atoms with van der Waals surface area (Å²) in [6.07, 6.45) is 4.66. The van der Waals surface area contributed by atoms with Crippen molar-refractivity contribution in [3.8, 4) is 5.75 Å². The van der Waals surface area contributed by atoms with Gasteiger partial charge in [0.2, 0.25) is 0 Å². The third-order valence-corrected chi connectivity index (χ3v) is 2.93. The van der Waals surface area contributed by atoms with Gasteiger partial charge in [0.15, 0.2) is 0 Å². The molecule has 1 unspecified atom stereocenters. The highest BCUT2D eigenvalue weighted by molar-refractivity contribution is 5.48. The molecule has 0 N–H and O–H groups in total. The summed E-state index contributed by atoms with van der Waals surface area (Å²) in [5.41, 5.74) is 1.16. The molecule has 0 aliphatic heterocycles. The Balaban J connectivity index is 2.85. The molecule has 0 amide bonds. The Morgan fingerprint density at radius 2 is 2.06 bits per heavy atom. The van der Waals surface area contributed by atoms with E-state index in [4.69, 9.17) is 4.74 Å². The van der Waals surface area contributed by atoms with Gasteiger partial charge in [-0.25, -0.2) is 0 Å². The Kier molecular flexibility index (Phi) is 5.62. The maximum Gasteiger partial charge on any atom is 0.298 e. The van der Waals surface area contributed by atoms with E-state index < -0.39 is 0 Å². The number of carbonyl (C=O) groups excluding carboxylic acids is 1. The largest absolute Gasteiger partial charge is 0.428 e. The molecule has 0 bridgehead atoms. The highest BCUT2D eigenvalue weighted by Crippen LogP contribution is 2.32. The van der Waals surface area contributed by atoms with Crippen LogP contribution < -0.4 is 4.74 Å². The summed E-state index contributed by atoms with van der Waals surface area (Å²) in [4.78, 5) is 10.4. The van der Waals surface area contributed by atoms with Crippen LogP contribution >= 0.6 is 0 Å². The minimum absolute atomic E-state index is 0.496. The van der Waals surface area contributed by atoms with E-state index in [1.54, 1.807) is 0 Å². The number of hydrogen-bond donors (Lipinski definition) is 0. The van der Waals surface area contributed by atoms with Gasteiger partial charge in [0, 0.05) is 0 Å². The molecule has 0 saturated heterocycles. The fourth-order valence-corrected chi connectivity index (χ4v) is 2.01. The molecule has 1 aromatic rings. The lowest BCUT2D eigenvalue weighted by Gasteiger charge is -2.17. The van der Waals surface area contributed by atoms with Gasteiger partial charge in [0.25, 0.3) is 6.47 Å². The van der Waals surface area contributed by atoms with Crippen molar-refractivity contribution in [1.82, 2.24) is 0 Å². The zero-order valence-electron chi connectivity index (χ0n) is 10.1. The standard InChI is InChI=1S/C14H20O2/c1-3-5-8-12(4-2)13-9-6-7-10-14(13)16-11-15/h6-7,9-12H,3-5,8H2,1-2H3. The van der Waals surface area contributed by atoms with E-state index in [9.17, 15) is 4.79 Å². The topological polar surface area (TPSA) is 26.3 Å². The van der Waals surface area contributed by atoms with Crippen molar-refractivity contribution in [2.45, 2.75) is 45.4 Å². The molecule has 2 nitrogen and oxygen atoms in total. The molecule has 1 aromatic carbocycles. The lowest BCUT2D eigenvalue weighted by atomic mass is 9.91. The van der Waals surface area contributed by atoms with Crippen LogP contribution in [0.4, 0.5) is 0 Å². The van der Waals surface area contributed by atoms with Gasteiger partial charge in [0.1, 0.15) is 5.75 Å². The second-order valence-corrected chi connectivity index (χ2v) is 4.00. The molecule has 0 aliphatic rings. The molecule has 2 heteroatoms. The van der Waals surface area contributed by atoms with Gasteiger partial charge < -0.3 is 4.74 Å². The first-order chi connectivity index (χ1) is 7.83. The molecular weight excluding hydrogens is 200 g/mol. The molecule has 0 fully saturated rings. The number of hydrogen-bond acceptors (Lipinski definition) is 2. The van der Waals surface area contributed by atoms with Crippen LogP contribution in [-0.4, -0.2) is 6.47 Å². The van der Waals surface area contributed by atoms with Gasteiger partial charge in [-0.15, -0.1) is 0 Å². The zero-order chi connectivity index (χ0) is 11.8. The fourth-order valence-electron chi connectivity index (χ4n) is 2.01. The molecule has 16 heavy (non-hydrogen) atoms. The third-order valence-electron chi connectivity index (χ3n) is 2.93. The first kappa shape index (κ1) is 12.8. The smallest absolute Gasteiger partial charge is 0.298 e. The van der Waals surface area contributed by atoms with Gasteiger partial charge in [-0.2, -0.15) is 0 Å². The minimum Gasteiger partial charge on any atom is -0.428 e. The van der Waals surface area contributed by atoms with Crippen molar-refractivity contribution < 1.29 is 9.53 Å². The van der Waals surface area contributed by atoms with E-state index in [0.717, 1.165) is 18.4 Å². The van der Waals surface area contributed by atoms with Crippen molar-refractivity contribution in [1.29, 1.82) is 0 Å². The average Bonchev–Trinajstić information content (AvgIpc) is 2.32. The van der Waals surface area contributed by atoms with Crippen LogP contribution in [0, 0.1) is 0 Å². The van der Waals surface area contributed by atoms with Gasteiger partial charge in [-0.1, -0.05) is 44.9 Å². The number of para-hydroxylation sites is 1. The molecule has 0 radical (unpaired) electrons. The van der Waals surface area contributed by atoms with Crippen molar-refractivity contribution in [2.24, 2.45) is 0 Å². The van der Waals surface area contributed by atoms with E-state index >= 15 is 0 Å². The Hall–Kier alpha value is -1.31. The highest BCUT2D eigenvalue weighted by Gasteiger charge is 2.13. The summed E-state index contributed by atoms with van der Waals surface area (Å²) in [5, 5.41) is 0. The predicted molar refractivity (Wildman–Crippen MR) is 65.7 cm³/mol. The van der Waals surface area contributed by atoms with Crippen LogP contribution in [0.25, 0.3) is 0 Å². The van der Waals surface area contributed by atoms with Gasteiger partial charge >= 0.3 is 0 Å². The Bertz CT molecular complexity index is 320. The van der Waals surface area contributed by atoms with E-state index in [2.05, 4.69) is 19.9 Å². The minimum atomic E-state index is 0.496. The number of benzene rings is 1. The zero-order valence-corrected chi connectivity index (χ0v) is 10.1. The quantitative estimate of drug-likeness (QED) is 0.651. The van der Waals surface area contributed by atoms with Crippen molar-refractivity contribution in [3.63, 3.8) is 0 Å². The third kappa shape index (κ3) is 3.37. The Morgan fingerprint density at radius 1 is 1.31 bits per heavy atom. The second kappa shape index (κ2) is 7.04. The molecule has 88 valence electrons. The van der Waals surface area contributed by atoms with E-state index in [1.165, 1.54) is 12.8 Å². The number of unbranched alkanes of at least 4 members (excludes halogenated alkanes) is 1. The molecular formula is C14H20O2. The highest BCUT2D eigenvalue weighted by atomic mass is 16.5. The van der Waals surface area contributed by atoms with Gasteiger partial charge in [-0.05, 0) is 30.4 Å². The molecule has 0 aromatic heterocycles. The summed E-state index contributed by atoms with van der Waals surface area (Å²) in [6.45, 7) is 4.88. The second-order valence-electron chi connectivity index (χ2n) is 4.00. The van der Waals surface area contributed by atoms with Crippen molar-refractivity contribution >= 4 is 6.47 Å². The summed E-state index contributed by atoms with van der Waals surface area (Å²) >= 11 is 0. The summed E-state index contributed by atoms with van der Waals surface area (Å²) in [5.74, 6) is 1.21. The van der Waals surface area contributed by atoms with Crippen LogP contribution in [-0.2, 0) is 4.79 Å². The summed E-state index contributed by atoms with van der Waals surface area (Å²) in [7, 11) is 0. The normalized spacial score (nSPS) is 12.1. The van der Waals surface area contributed by atoms with Gasteiger partial charge in [0.05, 0.1) is 0 Å². The molecule has 0 saturated carbocycles. The van der Waals surface area contributed by atoms with Crippen LogP contribution in [0.5, 0.6) is 5.75 Å². The Morgan fingerprint density at radius 3 is 2.69 bits per heavy atom. The molecule has 1 rings (SSSR count). The monoisotopic (exact) mass is 220 g/mol. The molecule has 1 atom stereocenters. The van der Waals surface area contributed by atoms with Crippen LogP contribution in [0.15, 0.2) is 24.3 Å². The summed E-state index contributed by atoms with van der Waals surface area (Å²) in [6, 6.07) is 7.82. The van der Waals surface area contributed by atoms with Crippen LogP contribution in [0.1, 0.15) is 51.0 Å². The van der Waals surface area contributed by atoms with Crippen LogP contribution in [0.3, 0.4) is 0 Å². The first-order valence-electron chi connectivity index (χ1n) is 6.02. The molecule has 0 spiro atoms. The number of carbonyl (C=O) groups is 1. The molecule has 0 aliphatic carbocycles. The predicted octanol–water partition coefficient (Wildman–Crippen LogP) is 3.91. The van der Waals surface area contributed by atoms with E-state index in [1.807, 2.05) is 18.2 Å². The maximum absolute atomic E-state index is 10.4. The lowest BCUT2D eigenvalue weighted by Crippen LogP contribution is -2.01.